The summed E-state index contributed by atoms with van der Waals surface area (Å²) in [5.74, 6) is 0.749. The molecule has 3 aromatic rings. The van der Waals surface area contributed by atoms with Crippen molar-refractivity contribution in [2.24, 2.45) is 4.99 Å². The smallest absolute Gasteiger partial charge is 0.253 e. The molecule has 0 atom stereocenters. The van der Waals surface area contributed by atoms with Crippen molar-refractivity contribution in [3.8, 4) is 0 Å². The van der Waals surface area contributed by atoms with Gasteiger partial charge in [0.15, 0.2) is 5.96 Å². The molecule has 2 aromatic carbocycles. The Morgan fingerprint density at radius 3 is 2.29 bits per heavy atom. The topological polar surface area (TPSA) is 74.6 Å². The average Bonchev–Trinajstić information content (AvgIpc) is 3.08. The molecule has 34 heavy (non-hydrogen) atoms. The molecule has 2 N–H and O–H groups in total. The number of rotatable bonds is 8. The first-order valence-corrected chi connectivity index (χ1v) is 11.3. The van der Waals surface area contributed by atoms with E-state index in [0.717, 1.165) is 36.0 Å². The minimum atomic E-state index is -0.00129. The summed E-state index contributed by atoms with van der Waals surface area (Å²) in [6, 6.07) is 18.0. The van der Waals surface area contributed by atoms with E-state index in [-0.39, 0.29) is 29.9 Å². The van der Waals surface area contributed by atoms with Gasteiger partial charge in [0.25, 0.3) is 5.91 Å². The van der Waals surface area contributed by atoms with Gasteiger partial charge in [0.2, 0.25) is 0 Å². The normalized spacial score (nSPS) is 11.0. The van der Waals surface area contributed by atoms with E-state index in [1.807, 2.05) is 44.2 Å². The molecular weight excluding hydrogens is 539 g/mol. The van der Waals surface area contributed by atoms with E-state index >= 15 is 0 Å². The zero-order chi connectivity index (χ0) is 23.8. The minimum Gasteiger partial charge on any atom is -0.357 e. The number of guanidine groups is 1. The maximum absolute atomic E-state index is 12.1. The predicted octanol–water partition coefficient (Wildman–Crippen LogP) is 4.12. The summed E-state index contributed by atoms with van der Waals surface area (Å²) in [7, 11) is 3.51. The fraction of sp³-hybridized carbons (Fsp3) is 0.346. The number of hydrogen-bond acceptors (Lipinski definition) is 3. The van der Waals surface area contributed by atoms with Gasteiger partial charge in [-0.25, -0.2) is 4.99 Å². The fourth-order valence-corrected chi connectivity index (χ4v) is 3.60. The molecule has 8 heteroatoms. The third kappa shape index (κ3) is 7.31. The lowest BCUT2D eigenvalue weighted by molar-refractivity contribution is 0.0827. The highest BCUT2D eigenvalue weighted by molar-refractivity contribution is 14.0. The van der Waals surface area contributed by atoms with Crippen LogP contribution in [-0.2, 0) is 19.6 Å². The second-order valence-electron chi connectivity index (χ2n) is 8.24. The Bertz CT molecular complexity index is 1090. The molecule has 0 aliphatic carbocycles. The van der Waals surface area contributed by atoms with E-state index in [0.29, 0.717) is 18.7 Å². The van der Waals surface area contributed by atoms with Gasteiger partial charge >= 0.3 is 0 Å². The lowest BCUT2D eigenvalue weighted by Gasteiger charge is -2.12. The Balaban J connectivity index is 0.00000408. The average molecular weight is 575 g/mol. The van der Waals surface area contributed by atoms with Crippen molar-refractivity contribution in [3.05, 3.63) is 88.2 Å². The molecule has 0 saturated heterocycles. The van der Waals surface area contributed by atoms with Crippen LogP contribution in [0.1, 0.15) is 45.4 Å². The maximum atomic E-state index is 12.1. The van der Waals surface area contributed by atoms with Crippen LogP contribution in [0.4, 0.5) is 0 Å². The third-order valence-corrected chi connectivity index (χ3v) is 5.51. The van der Waals surface area contributed by atoms with Crippen LogP contribution in [0.3, 0.4) is 0 Å². The van der Waals surface area contributed by atoms with Crippen LogP contribution in [0.25, 0.3) is 0 Å². The van der Waals surface area contributed by atoms with E-state index in [1.54, 1.807) is 19.0 Å². The largest absolute Gasteiger partial charge is 0.357 e. The van der Waals surface area contributed by atoms with E-state index in [9.17, 15) is 4.79 Å². The predicted molar refractivity (Wildman–Crippen MR) is 149 cm³/mol. The standard InChI is InChI=1S/C26H34N6O.HI/c1-6-27-26(28-16-21-12-14-23(15-13-21)25(33)31(4)5)29-17-24-19(2)30-32(20(24)3)18-22-10-8-7-9-11-22;/h7-15H,6,16-18H2,1-5H3,(H2,27,28,29);1H. The van der Waals surface area contributed by atoms with Crippen molar-refractivity contribution in [2.75, 3.05) is 20.6 Å². The van der Waals surface area contributed by atoms with Crippen molar-refractivity contribution in [3.63, 3.8) is 0 Å². The van der Waals surface area contributed by atoms with Gasteiger partial charge in [-0.1, -0.05) is 42.5 Å². The fourth-order valence-electron chi connectivity index (χ4n) is 3.60. The molecule has 0 fully saturated rings. The Morgan fingerprint density at radius 1 is 1.00 bits per heavy atom. The quantitative estimate of drug-likeness (QED) is 0.241. The zero-order valence-corrected chi connectivity index (χ0v) is 23.0. The third-order valence-electron chi connectivity index (χ3n) is 5.51. The highest BCUT2D eigenvalue weighted by atomic mass is 127. The number of hydrogen-bond donors (Lipinski definition) is 2. The molecule has 7 nitrogen and oxygen atoms in total. The number of aryl methyl sites for hydroxylation is 1. The molecule has 0 aliphatic heterocycles. The van der Waals surface area contributed by atoms with Crippen LogP contribution in [0.2, 0.25) is 0 Å². The van der Waals surface area contributed by atoms with E-state index in [4.69, 9.17) is 10.1 Å². The molecule has 182 valence electrons. The van der Waals surface area contributed by atoms with Gasteiger partial charge in [-0.2, -0.15) is 5.10 Å². The van der Waals surface area contributed by atoms with Crippen LogP contribution >= 0.6 is 24.0 Å². The van der Waals surface area contributed by atoms with E-state index < -0.39 is 0 Å². The summed E-state index contributed by atoms with van der Waals surface area (Å²) in [4.78, 5) is 18.3. The van der Waals surface area contributed by atoms with Crippen LogP contribution in [0, 0.1) is 13.8 Å². The lowest BCUT2D eigenvalue weighted by atomic mass is 10.1. The first-order valence-electron chi connectivity index (χ1n) is 11.3. The zero-order valence-electron chi connectivity index (χ0n) is 20.6. The Kier molecular flexibility index (Phi) is 10.6. The summed E-state index contributed by atoms with van der Waals surface area (Å²) >= 11 is 0. The molecule has 1 heterocycles. The number of benzene rings is 2. The van der Waals surface area contributed by atoms with Gasteiger partial charge in [0.1, 0.15) is 0 Å². The second-order valence-corrected chi connectivity index (χ2v) is 8.24. The summed E-state index contributed by atoms with van der Waals surface area (Å²) in [6.45, 7) is 8.91. The van der Waals surface area contributed by atoms with Crippen LogP contribution in [-0.4, -0.2) is 47.2 Å². The van der Waals surface area contributed by atoms with Gasteiger partial charge in [-0.05, 0) is 44.0 Å². The Labute approximate surface area is 219 Å². The van der Waals surface area contributed by atoms with Crippen LogP contribution in [0.5, 0.6) is 0 Å². The molecule has 0 spiro atoms. The monoisotopic (exact) mass is 574 g/mol. The SMILES string of the molecule is CCNC(=NCc1ccc(C(=O)N(C)C)cc1)NCc1c(C)nn(Cc2ccccc2)c1C.I. The molecular formula is C26H35IN6O. The van der Waals surface area contributed by atoms with Gasteiger partial charge < -0.3 is 15.5 Å². The van der Waals surface area contributed by atoms with Crippen molar-refractivity contribution in [1.82, 2.24) is 25.3 Å². The summed E-state index contributed by atoms with van der Waals surface area (Å²) in [5, 5.41) is 11.5. The minimum absolute atomic E-state index is 0. The number of nitrogens with zero attached hydrogens (tertiary/aromatic N) is 4. The second kappa shape index (κ2) is 13.1. The van der Waals surface area contributed by atoms with Crippen LogP contribution < -0.4 is 10.6 Å². The van der Waals surface area contributed by atoms with Crippen molar-refractivity contribution in [1.29, 1.82) is 0 Å². The summed E-state index contributed by atoms with van der Waals surface area (Å²) in [6.07, 6.45) is 0. The molecule has 0 saturated carbocycles. The summed E-state index contributed by atoms with van der Waals surface area (Å²) < 4.78 is 2.06. The molecule has 0 bridgehead atoms. The summed E-state index contributed by atoms with van der Waals surface area (Å²) in [5.41, 5.74) is 6.31. The number of nitrogens with one attached hydrogen (secondary N) is 2. The lowest BCUT2D eigenvalue weighted by Crippen LogP contribution is -2.37. The van der Waals surface area contributed by atoms with Crippen LogP contribution in [0.15, 0.2) is 59.6 Å². The first kappa shape index (κ1) is 27.4. The molecule has 1 amide bonds. The first-order chi connectivity index (χ1) is 15.9. The number of halogens is 1. The number of aliphatic imine (C=N–C) groups is 1. The van der Waals surface area contributed by atoms with Crippen molar-refractivity contribution in [2.45, 2.75) is 40.4 Å². The van der Waals surface area contributed by atoms with Gasteiger partial charge in [0.05, 0.1) is 18.8 Å². The number of aromatic nitrogens is 2. The van der Waals surface area contributed by atoms with E-state index in [1.165, 1.54) is 11.1 Å². The maximum Gasteiger partial charge on any atom is 0.253 e. The molecule has 3 rings (SSSR count). The highest BCUT2D eigenvalue weighted by Gasteiger charge is 2.12. The van der Waals surface area contributed by atoms with E-state index in [2.05, 4.69) is 46.5 Å². The number of carbonyl (C=O) groups excluding carboxylic acids is 1. The van der Waals surface area contributed by atoms with Gasteiger partial charge in [-0.15, -0.1) is 24.0 Å². The molecule has 0 aliphatic rings. The Hall–Kier alpha value is -2.88. The Morgan fingerprint density at radius 2 is 1.68 bits per heavy atom. The number of amides is 1. The number of carbonyl (C=O) groups is 1. The molecule has 0 radical (unpaired) electrons. The molecule has 1 aromatic heterocycles. The van der Waals surface area contributed by atoms with Crippen molar-refractivity contribution >= 4 is 35.8 Å². The van der Waals surface area contributed by atoms with Gasteiger partial charge in [0, 0.05) is 44.0 Å². The highest BCUT2D eigenvalue weighted by Crippen LogP contribution is 2.15. The van der Waals surface area contributed by atoms with Crippen molar-refractivity contribution < 1.29 is 4.79 Å². The van der Waals surface area contributed by atoms with Gasteiger partial charge in [-0.3, -0.25) is 9.48 Å². The molecule has 0 unspecified atom stereocenters.